The minimum Gasteiger partial charge on any atom is -0.491 e. The molecule has 2 aromatic heterocycles. The van der Waals surface area contributed by atoms with Gasteiger partial charge in [-0.25, -0.2) is 9.78 Å². The Morgan fingerprint density at radius 2 is 2.00 bits per heavy atom. The van der Waals surface area contributed by atoms with E-state index in [2.05, 4.69) is 9.88 Å². The molecule has 0 saturated carbocycles. The van der Waals surface area contributed by atoms with Crippen molar-refractivity contribution < 1.29 is 13.9 Å². The SMILES string of the molecule is CC(C)Oc1ccc2cc(C(=O)N3CCN(c4nccs4)CC3)c(=O)oc2c1. The fraction of sp³-hybridized carbons (Fsp3) is 0.350. The maximum Gasteiger partial charge on any atom is 0.349 e. The Hall–Kier alpha value is -2.87. The van der Waals surface area contributed by atoms with Crippen LogP contribution in [0.3, 0.4) is 0 Å². The van der Waals surface area contributed by atoms with E-state index >= 15 is 0 Å². The number of nitrogens with zero attached hydrogens (tertiary/aromatic N) is 3. The Morgan fingerprint density at radius 3 is 2.68 bits per heavy atom. The lowest BCUT2D eigenvalue weighted by Gasteiger charge is -2.34. The van der Waals surface area contributed by atoms with Gasteiger partial charge >= 0.3 is 5.63 Å². The lowest BCUT2D eigenvalue weighted by molar-refractivity contribution is 0.0742. The summed E-state index contributed by atoms with van der Waals surface area (Å²) in [5.74, 6) is 0.333. The first kappa shape index (κ1) is 18.5. The van der Waals surface area contributed by atoms with E-state index in [0.717, 1.165) is 5.13 Å². The molecule has 0 radical (unpaired) electrons. The monoisotopic (exact) mass is 399 g/mol. The summed E-state index contributed by atoms with van der Waals surface area (Å²) in [4.78, 5) is 33.5. The van der Waals surface area contributed by atoms with Crippen LogP contribution in [0.4, 0.5) is 5.13 Å². The summed E-state index contributed by atoms with van der Waals surface area (Å²) in [6.45, 7) is 6.31. The van der Waals surface area contributed by atoms with Crippen molar-refractivity contribution in [1.82, 2.24) is 9.88 Å². The first-order chi connectivity index (χ1) is 13.5. The van der Waals surface area contributed by atoms with Crippen LogP contribution in [0.5, 0.6) is 5.75 Å². The number of aromatic nitrogens is 1. The second-order valence-electron chi connectivity index (χ2n) is 6.91. The van der Waals surface area contributed by atoms with Gasteiger partial charge < -0.3 is 19.0 Å². The number of benzene rings is 1. The summed E-state index contributed by atoms with van der Waals surface area (Å²) in [6.07, 6.45) is 1.79. The van der Waals surface area contributed by atoms with Crippen molar-refractivity contribution in [2.75, 3.05) is 31.1 Å². The number of carbonyl (C=O) groups is 1. The second-order valence-corrected chi connectivity index (χ2v) is 7.78. The molecule has 1 aromatic carbocycles. The largest absolute Gasteiger partial charge is 0.491 e. The van der Waals surface area contributed by atoms with Crippen LogP contribution >= 0.6 is 11.3 Å². The Bertz CT molecular complexity index is 1040. The number of carbonyl (C=O) groups excluding carboxylic acids is 1. The van der Waals surface area contributed by atoms with Gasteiger partial charge in [0.15, 0.2) is 5.13 Å². The van der Waals surface area contributed by atoms with E-state index in [1.807, 2.05) is 25.3 Å². The van der Waals surface area contributed by atoms with Crippen molar-refractivity contribution in [3.8, 4) is 5.75 Å². The molecule has 0 atom stereocenters. The van der Waals surface area contributed by atoms with Gasteiger partial charge in [0.25, 0.3) is 5.91 Å². The van der Waals surface area contributed by atoms with Crippen molar-refractivity contribution in [2.45, 2.75) is 20.0 Å². The molecule has 28 heavy (non-hydrogen) atoms. The number of rotatable bonds is 4. The first-order valence-electron chi connectivity index (χ1n) is 9.19. The number of piperazine rings is 1. The fourth-order valence-corrected chi connectivity index (χ4v) is 3.93. The molecule has 0 unspecified atom stereocenters. The normalized spacial score (nSPS) is 14.7. The highest BCUT2D eigenvalue weighted by molar-refractivity contribution is 7.13. The molecule has 0 bridgehead atoms. The van der Waals surface area contributed by atoms with E-state index in [0.29, 0.717) is 42.9 Å². The Balaban J connectivity index is 1.53. The average Bonchev–Trinajstić information content (AvgIpc) is 3.21. The van der Waals surface area contributed by atoms with Gasteiger partial charge in [0.1, 0.15) is 16.9 Å². The Labute approximate surface area is 166 Å². The van der Waals surface area contributed by atoms with Crippen LogP contribution in [-0.4, -0.2) is 48.1 Å². The summed E-state index contributed by atoms with van der Waals surface area (Å²) in [6, 6.07) is 6.89. The quantitative estimate of drug-likeness (QED) is 0.628. The van der Waals surface area contributed by atoms with Crippen LogP contribution < -0.4 is 15.3 Å². The van der Waals surface area contributed by atoms with Gasteiger partial charge in [-0.3, -0.25) is 4.79 Å². The molecule has 3 aromatic rings. The predicted molar refractivity (Wildman–Crippen MR) is 108 cm³/mol. The highest BCUT2D eigenvalue weighted by atomic mass is 32.1. The van der Waals surface area contributed by atoms with Crippen molar-refractivity contribution in [1.29, 1.82) is 0 Å². The Morgan fingerprint density at radius 1 is 1.21 bits per heavy atom. The van der Waals surface area contributed by atoms with Gasteiger partial charge in [-0.15, -0.1) is 11.3 Å². The third-order valence-corrected chi connectivity index (χ3v) is 5.40. The number of hydrogen-bond donors (Lipinski definition) is 0. The number of fused-ring (bicyclic) bond motifs is 1. The van der Waals surface area contributed by atoms with E-state index < -0.39 is 5.63 Å². The second kappa shape index (κ2) is 7.63. The number of ether oxygens (including phenoxy) is 1. The average molecular weight is 399 g/mol. The minimum atomic E-state index is -0.624. The van der Waals surface area contributed by atoms with Gasteiger partial charge in [0.05, 0.1) is 6.10 Å². The zero-order valence-electron chi connectivity index (χ0n) is 15.8. The van der Waals surface area contributed by atoms with Crippen molar-refractivity contribution >= 4 is 33.3 Å². The Kier molecular flexibility index (Phi) is 5.04. The summed E-state index contributed by atoms with van der Waals surface area (Å²) >= 11 is 1.58. The van der Waals surface area contributed by atoms with Crippen LogP contribution in [0.25, 0.3) is 11.0 Å². The van der Waals surface area contributed by atoms with Crippen molar-refractivity contribution in [3.63, 3.8) is 0 Å². The zero-order valence-corrected chi connectivity index (χ0v) is 16.6. The van der Waals surface area contributed by atoms with E-state index in [-0.39, 0.29) is 17.6 Å². The third kappa shape index (κ3) is 3.73. The van der Waals surface area contributed by atoms with E-state index in [4.69, 9.17) is 9.15 Å². The number of anilines is 1. The van der Waals surface area contributed by atoms with Crippen LogP contribution in [0.15, 0.2) is 45.1 Å². The summed E-state index contributed by atoms with van der Waals surface area (Å²) < 4.78 is 11.0. The molecular weight excluding hydrogens is 378 g/mol. The molecule has 7 nitrogen and oxygen atoms in total. The van der Waals surface area contributed by atoms with E-state index in [1.165, 1.54) is 0 Å². The smallest absolute Gasteiger partial charge is 0.349 e. The molecule has 8 heteroatoms. The lowest BCUT2D eigenvalue weighted by atomic mass is 10.1. The van der Waals surface area contributed by atoms with Crippen LogP contribution in [-0.2, 0) is 0 Å². The number of hydrogen-bond acceptors (Lipinski definition) is 7. The van der Waals surface area contributed by atoms with Gasteiger partial charge in [0, 0.05) is 49.2 Å². The van der Waals surface area contributed by atoms with Gasteiger partial charge in [-0.05, 0) is 32.0 Å². The van der Waals surface area contributed by atoms with Crippen LogP contribution in [0.2, 0.25) is 0 Å². The summed E-state index contributed by atoms with van der Waals surface area (Å²) in [5.41, 5.74) is -0.150. The molecule has 1 fully saturated rings. The molecular formula is C20H21N3O4S. The summed E-state index contributed by atoms with van der Waals surface area (Å²) in [7, 11) is 0. The zero-order chi connectivity index (χ0) is 19.7. The standard InChI is InChI=1S/C20H21N3O4S/c1-13(2)26-15-4-3-14-11-16(19(25)27-17(14)12-15)18(24)22-6-8-23(9-7-22)20-21-5-10-28-20/h3-5,10-13H,6-9H2,1-2H3. The molecule has 1 saturated heterocycles. The molecule has 4 rings (SSSR count). The van der Waals surface area contributed by atoms with Gasteiger partial charge in [-0.1, -0.05) is 0 Å². The van der Waals surface area contributed by atoms with Crippen molar-refractivity contribution in [3.05, 3.63) is 51.8 Å². The maximum atomic E-state index is 12.9. The number of thiazole rings is 1. The van der Waals surface area contributed by atoms with Gasteiger partial charge in [-0.2, -0.15) is 0 Å². The maximum absolute atomic E-state index is 12.9. The number of amides is 1. The summed E-state index contributed by atoms with van der Waals surface area (Å²) in [5, 5.41) is 3.59. The molecule has 1 aliphatic rings. The molecule has 146 valence electrons. The first-order valence-corrected chi connectivity index (χ1v) is 10.1. The molecule has 3 heterocycles. The lowest BCUT2D eigenvalue weighted by Crippen LogP contribution is -2.49. The third-order valence-electron chi connectivity index (χ3n) is 4.57. The van der Waals surface area contributed by atoms with E-state index in [1.54, 1.807) is 40.6 Å². The molecule has 1 aliphatic heterocycles. The van der Waals surface area contributed by atoms with Crippen LogP contribution in [0.1, 0.15) is 24.2 Å². The van der Waals surface area contributed by atoms with Crippen LogP contribution in [0, 0.1) is 0 Å². The van der Waals surface area contributed by atoms with Gasteiger partial charge in [0.2, 0.25) is 0 Å². The molecule has 0 N–H and O–H groups in total. The minimum absolute atomic E-state index is 0.0214. The predicted octanol–water partition coefficient (Wildman–Crippen LogP) is 3.00. The van der Waals surface area contributed by atoms with E-state index in [9.17, 15) is 9.59 Å². The molecule has 0 aliphatic carbocycles. The fourth-order valence-electron chi connectivity index (χ4n) is 3.23. The topological polar surface area (TPSA) is 75.9 Å². The molecule has 1 amide bonds. The highest BCUT2D eigenvalue weighted by Crippen LogP contribution is 2.23. The highest BCUT2D eigenvalue weighted by Gasteiger charge is 2.25. The molecule has 0 spiro atoms. The van der Waals surface area contributed by atoms with Crippen molar-refractivity contribution in [2.24, 2.45) is 0 Å².